The van der Waals surface area contributed by atoms with Gasteiger partial charge in [-0.25, -0.2) is 13.8 Å². The van der Waals surface area contributed by atoms with Crippen molar-refractivity contribution >= 4 is 11.0 Å². The summed E-state index contributed by atoms with van der Waals surface area (Å²) in [7, 11) is 0. The number of aromatic nitrogens is 2. The Morgan fingerprint density at radius 2 is 2.07 bits per heavy atom. The number of rotatable bonds is 2. The number of hydrogen-bond acceptors (Lipinski definition) is 1. The van der Waals surface area contributed by atoms with Crippen LogP contribution in [0.4, 0.5) is 8.78 Å². The van der Waals surface area contributed by atoms with E-state index < -0.39 is 11.6 Å². The summed E-state index contributed by atoms with van der Waals surface area (Å²) in [4.78, 5) is 4.00. The third-order valence-electron chi connectivity index (χ3n) is 2.40. The normalized spacial score (nSPS) is 13.0. The van der Waals surface area contributed by atoms with E-state index >= 15 is 0 Å². The molecule has 2 aromatic rings. The van der Waals surface area contributed by atoms with Crippen LogP contribution in [0.5, 0.6) is 0 Å². The topological polar surface area (TPSA) is 17.8 Å². The fourth-order valence-electron chi connectivity index (χ4n) is 1.46. The van der Waals surface area contributed by atoms with E-state index in [0.717, 1.165) is 12.1 Å². The van der Waals surface area contributed by atoms with Gasteiger partial charge in [-0.2, -0.15) is 0 Å². The van der Waals surface area contributed by atoms with Crippen molar-refractivity contribution < 1.29 is 8.78 Å². The van der Waals surface area contributed by atoms with Crippen molar-refractivity contribution in [2.24, 2.45) is 0 Å². The van der Waals surface area contributed by atoms with Gasteiger partial charge in [-0.1, -0.05) is 6.08 Å². The van der Waals surface area contributed by atoms with Gasteiger partial charge >= 0.3 is 0 Å². The van der Waals surface area contributed by atoms with Crippen LogP contribution in [0.25, 0.3) is 11.0 Å². The lowest BCUT2D eigenvalue weighted by Crippen LogP contribution is -2.00. The van der Waals surface area contributed by atoms with Crippen molar-refractivity contribution in [3.63, 3.8) is 0 Å². The van der Waals surface area contributed by atoms with Crippen LogP contribution in [-0.4, -0.2) is 9.55 Å². The van der Waals surface area contributed by atoms with Crippen molar-refractivity contribution in [3.8, 4) is 0 Å². The van der Waals surface area contributed by atoms with E-state index in [9.17, 15) is 8.78 Å². The van der Waals surface area contributed by atoms with Crippen molar-refractivity contribution in [2.45, 2.75) is 13.0 Å². The van der Waals surface area contributed by atoms with E-state index in [0.29, 0.717) is 11.0 Å². The van der Waals surface area contributed by atoms with E-state index in [4.69, 9.17) is 0 Å². The van der Waals surface area contributed by atoms with Gasteiger partial charge in [0, 0.05) is 12.1 Å². The van der Waals surface area contributed by atoms with Crippen LogP contribution in [0.15, 0.2) is 31.1 Å². The molecule has 0 aliphatic rings. The molecule has 0 radical (unpaired) electrons. The maximum atomic E-state index is 13.0. The Morgan fingerprint density at radius 3 is 2.73 bits per heavy atom. The summed E-state index contributed by atoms with van der Waals surface area (Å²) in [6.07, 6.45) is 3.26. The molecule has 0 aliphatic heterocycles. The third kappa shape index (κ3) is 1.52. The van der Waals surface area contributed by atoms with E-state index in [1.807, 2.05) is 6.92 Å². The number of nitrogens with zero attached hydrogens (tertiary/aromatic N) is 2. The number of imidazole rings is 1. The average molecular weight is 208 g/mol. The van der Waals surface area contributed by atoms with Crippen LogP contribution in [0.3, 0.4) is 0 Å². The first-order chi connectivity index (χ1) is 7.13. The molecular weight excluding hydrogens is 198 g/mol. The summed E-state index contributed by atoms with van der Waals surface area (Å²) in [5, 5.41) is 0. The monoisotopic (exact) mass is 208 g/mol. The van der Waals surface area contributed by atoms with Crippen LogP contribution in [0.1, 0.15) is 13.0 Å². The molecular formula is C11H10F2N2. The van der Waals surface area contributed by atoms with E-state index in [1.165, 1.54) is 0 Å². The Kier molecular flexibility index (Phi) is 2.26. The Hall–Kier alpha value is -1.71. The van der Waals surface area contributed by atoms with Gasteiger partial charge in [-0.3, -0.25) is 0 Å². The van der Waals surface area contributed by atoms with Gasteiger partial charge in [0.05, 0.1) is 23.4 Å². The molecule has 0 bridgehead atoms. The molecule has 0 saturated heterocycles. The molecule has 15 heavy (non-hydrogen) atoms. The molecule has 1 heterocycles. The zero-order valence-electron chi connectivity index (χ0n) is 8.24. The Balaban J connectivity index is 2.69. The minimum Gasteiger partial charge on any atom is -0.324 e. The average Bonchev–Trinajstić information content (AvgIpc) is 2.61. The summed E-state index contributed by atoms with van der Waals surface area (Å²) < 4.78 is 27.7. The molecule has 0 fully saturated rings. The van der Waals surface area contributed by atoms with Crippen LogP contribution in [-0.2, 0) is 0 Å². The molecule has 1 aromatic heterocycles. The second kappa shape index (κ2) is 3.46. The minimum absolute atomic E-state index is 0.000128. The lowest BCUT2D eigenvalue weighted by Gasteiger charge is -2.08. The number of halogens is 2. The molecule has 0 amide bonds. The van der Waals surface area contributed by atoms with Gasteiger partial charge < -0.3 is 4.57 Å². The van der Waals surface area contributed by atoms with Gasteiger partial charge in [0.25, 0.3) is 0 Å². The third-order valence-corrected chi connectivity index (χ3v) is 2.40. The van der Waals surface area contributed by atoms with E-state index in [1.54, 1.807) is 17.0 Å². The Bertz CT molecular complexity index is 517. The van der Waals surface area contributed by atoms with E-state index in [2.05, 4.69) is 11.6 Å². The van der Waals surface area contributed by atoms with Gasteiger partial charge in [0.1, 0.15) is 0 Å². The highest BCUT2D eigenvalue weighted by molar-refractivity contribution is 5.75. The summed E-state index contributed by atoms with van der Waals surface area (Å²) in [6, 6.07) is 2.24. The van der Waals surface area contributed by atoms with Gasteiger partial charge in [0.2, 0.25) is 0 Å². The maximum absolute atomic E-state index is 13.0. The SMILES string of the molecule is C=CC(C)n1cnc2cc(F)c(F)cc21. The largest absolute Gasteiger partial charge is 0.324 e. The lowest BCUT2D eigenvalue weighted by atomic mass is 10.2. The highest BCUT2D eigenvalue weighted by atomic mass is 19.2. The van der Waals surface area contributed by atoms with Crippen LogP contribution < -0.4 is 0 Å². The molecule has 1 aromatic carbocycles. The predicted molar refractivity (Wildman–Crippen MR) is 54.6 cm³/mol. The number of benzene rings is 1. The highest BCUT2D eigenvalue weighted by Gasteiger charge is 2.10. The van der Waals surface area contributed by atoms with Crippen LogP contribution in [0, 0.1) is 11.6 Å². The Labute approximate surface area is 85.9 Å². The quantitative estimate of drug-likeness (QED) is 0.693. The molecule has 0 spiro atoms. The van der Waals surface area contributed by atoms with Gasteiger partial charge in [-0.15, -0.1) is 6.58 Å². The number of fused-ring (bicyclic) bond motifs is 1. The molecule has 1 atom stereocenters. The standard InChI is InChI=1S/C11H10F2N2/c1-3-7(2)15-6-14-10-4-8(12)9(13)5-11(10)15/h3-7H,1H2,2H3. The zero-order valence-corrected chi connectivity index (χ0v) is 8.24. The first-order valence-corrected chi connectivity index (χ1v) is 4.57. The van der Waals surface area contributed by atoms with Crippen molar-refractivity contribution in [3.05, 3.63) is 42.7 Å². The van der Waals surface area contributed by atoms with E-state index in [-0.39, 0.29) is 6.04 Å². The summed E-state index contributed by atoms with van der Waals surface area (Å²) in [6.45, 7) is 5.55. The predicted octanol–water partition coefficient (Wildman–Crippen LogP) is 3.06. The Morgan fingerprint density at radius 1 is 1.40 bits per heavy atom. The second-order valence-corrected chi connectivity index (χ2v) is 3.38. The minimum atomic E-state index is -0.876. The van der Waals surface area contributed by atoms with Crippen LogP contribution in [0.2, 0.25) is 0 Å². The van der Waals surface area contributed by atoms with Gasteiger partial charge in [-0.05, 0) is 6.92 Å². The van der Waals surface area contributed by atoms with Crippen molar-refractivity contribution in [1.29, 1.82) is 0 Å². The number of hydrogen-bond donors (Lipinski definition) is 0. The fraction of sp³-hybridized carbons (Fsp3) is 0.182. The molecule has 78 valence electrons. The molecule has 2 nitrogen and oxygen atoms in total. The maximum Gasteiger partial charge on any atom is 0.161 e. The molecule has 0 aliphatic carbocycles. The first-order valence-electron chi connectivity index (χ1n) is 4.57. The fourth-order valence-corrected chi connectivity index (χ4v) is 1.46. The highest BCUT2D eigenvalue weighted by Crippen LogP contribution is 2.20. The van der Waals surface area contributed by atoms with Crippen molar-refractivity contribution in [2.75, 3.05) is 0 Å². The molecule has 4 heteroatoms. The van der Waals surface area contributed by atoms with Gasteiger partial charge in [0.15, 0.2) is 11.6 Å². The summed E-state index contributed by atoms with van der Waals surface area (Å²) in [5.74, 6) is -1.74. The zero-order chi connectivity index (χ0) is 11.0. The van der Waals surface area contributed by atoms with Crippen molar-refractivity contribution in [1.82, 2.24) is 9.55 Å². The smallest absolute Gasteiger partial charge is 0.161 e. The van der Waals surface area contributed by atoms with Crippen LogP contribution >= 0.6 is 0 Å². The molecule has 1 unspecified atom stereocenters. The second-order valence-electron chi connectivity index (χ2n) is 3.38. The molecule has 2 rings (SSSR count). The molecule has 0 saturated carbocycles. The first kappa shape index (κ1) is 9.83. The number of allylic oxidation sites excluding steroid dienone is 1. The lowest BCUT2D eigenvalue weighted by molar-refractivity contribution is 0.510. The summed E-state index contributed by atoms with van der Waals surface area (Å²) in [5.41, 5.74) is 1.02. The molecule has 0 N–H and O–H groups in total. The summed E-state index contributed by atoms with van der Waals surface area (Å²) >= 11 is 0.